The minimum absolute atomic E-state index is 0.183. The van der Waals surface area contributed by atoms with Crippen molar-refractivity contribution in [3.63, 3.8) is 0 Å². The van der Waals surface area contributed by atoms with Gasteiger partial charge in [0.2, 0.25) is 11.9 Å². The third-order valence-corrected chi connectivity index (χ3v) is 6.07. The van der Waals surface area contributed by atoms with E-state index in [1.54, 1.807) is 17.3 Å². The Morgan fingerprint density at radius 3 is 2.39 bits per heavy atom. The van der Waals surface area contributed by atoms with Gasteiger partial charge in [0.25, 0.3) is 0 Å². The lowest BCUT2D eigenvalue weighted by atomic mass is 9.74. The molecule has 172 valence electrons. The fourth-order valence-corrected chi connectivity index (χ4v) is 4.60. The summed E-state index contributed by atoms with van der Waals surface area (Å²) in [6, 6.07) is 2.03. The number of nitrogens with zero attached hydrogens (tertiary/aromatic N) is 5. The molecule has 0 aromatic carbocycles. The summed E-state index contributed by atoms with van der Waals surface area (Å²) in [7, 11) is 3.77. The second-order valence-electron chi connectivity index (χ2n) is 8.66. The zero-order chi connectivity index (χ0) is 22.8. The lowest BCUT2D eigenvalue weighted by Crippen LogP contribution is -2.58. The van der Waals surface area contributed by atoms with Crippen molar-refractivity contribution in [1.29, 1.82) is 0 Å². The molecule has 1 aromatic heterocycles. The van der Waals surface area contributed by atoms with Crippen molar-refractivity contribution in [3.05, 3.63) is 18.5 Å². The van der Waals surface area contributed by atoms with Gasteiger partial charge in [0.1, 0.15) is 0 Å². The third-order valence-electron chi connectivity index (χ3n) is 6.07. The number of anilines is 1. The zero-order valence-corrected chi connectivity index (χ0v) is 17.7. The smallest absolute Gasteiger partial charge is 0.475 e. The molecular formula is C20H28F3N5O3. The number of likely N-dealkylation sites (tertiary alicyclic amines) is 1. The maximum absolute atomic E-state index is 13.2. The number of amides is 1. The Morgan fingerprint density at radius 1 is 1.26 bits per heavy atom. The monoisotopic (exact) mass is 443 g/mol. The van der Waals surface area contributed by atoms with E-state index in [0.717, 1.165) is 50.9 Å². The molecule has 3 heterocycles. The van der Waals surface area contributed by atoms with Crippen LogP contribution in [0.5, 0.6) is 0 Å². The maximum Gasteiger partial charge on any atom is 0.490 e. The number of alkyl halides is 3. The van der Waals surface area contributed by atoms with Crippen LogP contribution in [0.1, 0.15) is 25.7 Å². The number of halogens is 3. The molecule has 1 aromatic rings. The Kier molecular flexibility index (Phi) is 6.73. The van der Waals surface area contributed by atoms with Crippen LogP contribution in [0.2, 0.25) is 0 Å². The van der Waals surface area contributed by atoms with Crippen molar-refractivity contribution >= 4 is 17.8 Å². The number of carboxylic acids is 1. The molecule has 0 bridgehead atoms. The molecule has 31 heavy (non-hydrogen) atoms. The molecule has 1 amide bonds. The van der Waals surface area contributed by atoms with Gasteiger partial charge in [-0.3, -0.25) is 9.69 Å². The van der Waals surface area contributed by atoms with E-state index in [1.165, 1.54) is 12.8 Å². The quantitative estimate of drug-likeness (QED) is 0.760. The van der Waals surface area contributed by atoms with Crippen LogP contribution < -0.4 is 4.90 Å². The molecule has 1 saturated carbocycles. The molecule has 3 fully saturated rings. The average molecular weight is 443 g/mol. The van der Waals surface area contributed by atoms with E-state index in [1.807, 2.05) is 20.2 Å². The number of rotatable bonds is 4. The minimum atomic E-state index is -5.08. The lowest BCUT2D eigenvalue weighted by Gasteiger charge is -2.45. The first-order chi connectivity index (χ1) is 14.5. The summed E-state index contributed by atoms with van der Waals surface area (Å²) in [5, 5.41) is 7.12. The second kappa shape index (κ2) is 8.97. The number of aromatic nitrogens is 2. The Balaban J connectivity index is 0.000000339. The number of carboxylic acid groups (broad SMARTS) is 1. The average Bonchev–Trinajstić information content (AvgIpc) is 3.44. The van der Waals surface area contributed by atoms with Crippen molar-refractivity contribution < 1.29 is 27.9 Å². The van der Waals surface area contributed by atoms with E-state index >= 15 is 0 Å². The molecule has 1 aliphatic carbocycles. The molecule has 0 unspecified atom stereocenters. The molecule has 2 aliphatic heterocycles. The Labute approximate surface area is 179 Å². The highest BCUT2D eigenvalue weighted by Crippen LogP contribution is 2.45. The van der Waals surface area contributed by atoms with Gasteiger partial charge in [-0.1, -0.05) is 0 Å². The minimum Gasteiger partial charge on any atom is -0.475 e. The van der Waals surface area contributed by atoms with E-state index in [4.69, 9.17) is 9.90 Å². The first-order valence-corrected chi connectivity index (χ1v) is 10.3. The number of hydrogen-bond acceptors (Lipinski definition) is 6. The first kappa shape index (κ1) is 23.2. The normalized spacial score (nSPS) is 26.0. The predicted molar refractivity (Wildman–Crippen MR) is 106 cm³/mol. The van der Waals surface area contributed by atoms with Gasteiger partial charge in [0.05, 0.1) is 11.5 Å². The van der Waals surface area contributed by atoms with Crippen molar-refractivity contribution in [1.82, 2.24) is 19.8 Å². The summed E-state index contributed by atoms with van der Waals surface area (Å²) in [4.78, 5) is 37.6. The van der Waals surface area contributed by atoms with Gasteiger partial charge in [-0.25, -0.2) is 14.8 Å². The standard InChI is InChI=1S/C18H27N5O.C2HF3O2/c1-21(2)16(24)18-7-3-10-23(17-19-8-4-9-20-17)15(18)12-22(13-18)11-14-5-6-14;3-2(4,5)1(6)7/h4,8-9,14-15H,3,5-7,10-13H2,1-2H3;(H,6,7)/t15-,18-;/m1./s1. The van der Waals surface area contributed by atoms with E-state index in [9.17, 15) is 18.0 Å². The molecule has 0 radical (unpaired) electrons. The highest BCUT2D eigenvalue weighted by atomic mass is 19.4. The summed E-state index contributed by atoms with van der Waals surface area (Å²) >= 11 is 0. The van der Waals surface area contributed by atoms with Gasteiger partial charge in [0.15, 0.2) is 0 Å². The maximum atomic E-state index is 13.2. The first-order valence-electron chi connectivity index (χ1n) is 10.3. The number of fused-ring (bicyclic) bond motifs is 1. The largest absolute Gasteiger partial charge is 0.490 e. The van der Waals surface area contributed by atoms with Crippen LogP contribution in [0.15, 0.2) is 18.5 Å². The van der Waals surface area contributed by atoms with Gasteiger partial charge in [-0.15, -0.1) is 0 Å². The third kappa shape index (κ3) is 5.25. The van der Waals surface area contributed by atoms with Crippen molar-refractivity contribution in [2.24, 2.45) is 11.3 Å². The van der Waals surface area contributed by atoms with Gasteiger partial charge in [-0.05, 0) is 37.7 Å². The highest BCUT2D eigenvalue weighted by molar-refractivity contribution is 5.85. The Morgan fingerprint density at radius 2 is 1.87 bits per heavy atom. The van der Waals surface area contributed by atoms with Crippen molar-refractivity contribution in [3.8, 4) is 0 Å². The molecule has 2 atom stereocenters. The predicted octanol–water partition coefficient (Wildman–Crippen LogP) is 1.88. The summed E-state index contributed by atoms with van der Waals surface area (Å²) in [5.41, 5.74) is -0.310. The summed E-state index contributed by atoms with van der Waals surface area (Å²) < 4.78 is 31.7. The van der Waals surface area contributed by atoms with Crippen LogP contribution in [0, 0.1) is 11.3 Å². The Hall–Kier alpha value is -2.43. The van der Waals surface area contributed by atoms with Gasteiger partial charge >= 0.3 is 12.1 Å². The number of hydrogen-bond donors (Lipinski definition) is 1. The molecule has 4 rings (SSSR count). The summed E-state index contributed by atoms with van der Waals surface area (Å²) in [5.74, 6) is -0.872. The van der Waals surface area contributed by atoms with E-state index in [-0.39, 0.29) is 17.4 Å². The number of carbonyl (C=O) groups is 2. The summed E-state index contributed by atoms with van der Waals surface area (Å²) in [6.07, 6.45) is 3.19. The number of aliphatic carboxylic acids is 1. The Bertz CT molecular complexity index is 788. The molecule has 8 nitrogen and oxygen atoms in total. The highest BCUT2D eigenvalue weighted by Gasteiger charge is 2.57. The van der Waals surface area contributed by atoms with Crippen LogP contribution in [-0.2, 0) is 9.59 Å². The van der Waals surface area contributed by atoms with Gasteiger partial charge in [0, 0.05) is 52.7 Å². The second-order valence-corrected chi connectivity index (χ2v) is 8.66. The van der Waals surface area contributed by atoms with Crippen LogP contribution in [0.25, 0.3) is 0 Å². The van der Waals surface area contributed by atoms with E-state index in [2.05, 4.69) is 19.8 Å². The molecule has 2 saturated heterocycles. The zero-order valence-electron chi connectivity index (χ0n) is 17.7. The fraction of sp³-hybridized carbons (Fsp3) is 0.700. The fourth-order valence-electron chi connectivity index (χ4n) is 4.60. The molecule has 3 aliphatic rings. The molecular weight excluding hydrogens is 415 g/mol. The number of carbonyl (C=O) groups excluding carboxylic acids is 1. The van der Waals surface area contributed by atoms with Crippen molar-refractivity contribution in [2.45, 2.75) is 37.9 Å². The molecule has 0 spiro atoms. The molecule has 11 heteroatoms. The van der Waals surface area contributed by atoms with Crippen LogP contribution in [0.3, 0.4) is 0 Å². The van der Waals surface area contributed by atoms with Crippen LogP contribution in [-0.4, -0.2) is 89.2 Å². The van der Waals surface area contributed by atoms with Gasteiger partial charge in [-0.2, -0.15) is 13.2 Å². The lowest BCUT2D eigenvalue weighted by molar-refractivity contribution is -0.192. The summed E-state index contributed by atoms with van der Waals surface area (Å²) in [6.45, 7) is 3.92. The molecule has 1 N–H and O–H groups in total. The van der Waals surface area contributed by atoms with Crippen LogP contribution in [0.4, 0.5) is 19.1 Å². The topological polar surface area (TPSA) is 89.9 Å². The van der Waals surface area contributed by atoms with E-state index in [0.29, 0.717) is 0 Å². The van der Waals surface area contributed by atoms with Crippen molar-refractivity contribution in [2.75, 3.05) is 45.2 Å². The number of piperidine rings is 1. The van der Waals surface area contributed by atoms with Gasteiger partial charge < -0.3 is 14.9 Å². The SMILES string of the molecule is CN(C)C(=O)[C@@]12CCCN(c3ncccn3)[C@@H]1CN(CC1CC1)C2.O=C(O)C(F)(F)F. The van der Waals surface area contributed by atoms with E-state index < -0.39 is 12.1 Å². The van der Waals surface area contributed by atoms with Crippen LogP contribution >= 0.6 is 0 Å².